The van der Waals surface area contributed by atoms with E-state index in [9.17, 15) is 14.4 Å². The molecule has 0 N–H and O–H groups in total. The molecule has 2 amide bonds. The predicted molar refractivity (Wildman–Crippen MR) is 117 cm³/mol. The van der Waals surface area contributed by atoms with Crippen LogP contribution >= 0.6 is 11.3 Å². The minimum absolute atomic E-state index is 0.0464. The highest BCUT2D eigenvalue weighted by Crippen LogP contribution is 2.26. The van der Waals surface area contributed by atoms with Crippen LogP contribution < -0.4 is 0 Å². The van der Waals surface area contributed by atoms with Gasteiger partial charge in [-0.05, 0) is 35.7 Å². The summed E-state index contributed by atoms with van der Waals surface area (Å²) < 4.78 is 6.88. The van der Waals surface area contributed by atoms with Crippen molar-refractivity contribution in [2.75, 3.05) is 13.2 Å². The maximum atomic E-state index is 12.6. The lowest BCUT2D eigenvalue weighted by molar-refractivity contribution is 0.0410. The number of hydrogen-bond acceptors (Lipinski definition) is 7. The van der Waals surface area contributed by atoms with E-state index in [2.05, 4.69) is 10.1 Å². The Kier molecular flexibility index (Phi) is 5.08. The summed E-state index contributed by atoms with van der Waals surface area (Å²) in [5.74, 6) is -1.09. The molecule has 0 aliphatic carbocycles. The zero-order chi connectivity index (χ0) is 22.1. The predicted octanol–water partition coefficient (Wildman–Crippen LogP) is 3.45. The summed E-state index contributed by atoms with van der Waals surface area (Å²) in [4.78, 5) is 43.8. The van der Waals surface area contributed by atoms with Crippen LogP contribution in [0.5, 0.6) is 0 Å². The first-order valence-electron chi connectivity index (χ1n) is 9.82. The van der Waals surface area contributed by atoms with Gasteiger partial charge in [0, 0.05) is 0 Å². The fraction of sp³-hybridized carbons (Fsp3) is 0.0870. The second kappa shape index (κ2) is 8.20. The second-order valence-corrected chi connectivity index (χ2v) is 7.87. The molecule has 158 valence electrons. The highest BCUT2D eigenvalue weighted by Gasteiger charge is 2.35. The van der Waals surface area contributed by atoms with Crippen LogP contribution in [-0.2, 0) is 4.74 Å². The molecule has 2 aromatic carbocycles. The summed E-state index contributed by atoms with van der Waals surface area (Å²) in [7, 11) is 0. The van der Waals surface area contributed by atoms with Crippen LogP contribution in [0.3, 0.4) is 0 Å². The van der Waals surface area contributed by atoms with Crippen LogP contribution in [0.1, 0.15) is 31.3 Å². The third-order valence-electron chi connectivity index (χ3n) is 4.96. The number of thiophene rings is 1. The number of rotatable bonds is 6. The van der Waals surface area contributed by atoms with Crippen LogP contribution in [0.4, 0.5) is 0 Å². The summed E-state index contributed by atoms with van der Waals surface area (Å²) in [6.45, 7) is -0.201. The lowest BCUT2D eigenvalue weighted by atomic mass is 10.1. The molecule has 0 atom stereocenters. The number of esters is 1. The molecule has 3 heterocycles. The first kappa shape index (κ1) is 19.8. The van der Waals surface area contributed by atoms with Crippen molar-refractivity contribution in [3.8, 4) is 16.4 Å². The van der Waals surface area contributed by atoms with Crippen molar-refractivity contribution in [2.45, 2.75) is 0 Å². The van der Waals surface area contributed by atoms with Gasteiger partial charge in [-0.1, -0.05) is 36.4 Å². The van der Waals surface area contributed by atoms with Gasteiger partial charge in [0.2, 0.25) is 0 Å². The van der Waals surface area contributed by atoms with Gasteiger partial charge in [-0.3, -0.25) is 14.5 Å². The largest absolute Gasteiger partial charge is 0.458 e. The quantitative estimate of drug-likeness (QED) is 0.334. The SMILES string of the molecule is O=C(OCCN1C(=O)c2ccccc2C1=O)c1nc(-c2cccs2)n(-c2ccccc2)n1. The highest BCUT2D eigenvalue weighted by molar-refractivity contribution is 7.13. The summed E-state index contributed by atoms with van der Waals surface area (Å²) in [5, 5.41) is 6.26. The van der Waals surface area contributed by atoms with Gasteiger partial charge in [-0.2, -0.15) is 4.98 Å². The number of carbonyl (C=O) groups excluding carboxylic acids is 3. The molecule has 1 aliphatic rings. The van der Waals surface area contributed by atoms with Crippen LogP contribution in [0, 0.1) is 0 Å². The van der Waals surface area contributed by atoms with Gasteiger partial charge in [-0.25, -0.2) is 9.48 Å². The summed E-state index contributed by atoms with van der Waals surface area (Å²) in [6, 6.07) is 19.8. The van der Waals surface area contributed by atoms with Gasteiger partial charge in [-0.15, -0.1) is 16.4 Å². The Morgan fingerprint density at radius 2 is 1.59 bits per heavy atom. The van der Waals surface area contributed by atoms with Crippen molar-refractivity contribution in [1.82, 2.24) is 19.7 Å². The molecule has 0 saturated carbocycles. The van der Waals surface area contributed by atoms with Gasteiger partial charge in [0.15, 0.2) is 5.82 Å². The molecule has 0 saturated heterocycles. The van der Waals surface area contributed by atoms with Gasteiger partial charge in [0.25, 0.3) is 17.6 Å². The van der Waals surface area contributed by atoms with Crippen molar-refractivity contribution in [3.05, 3.63) is 89.1 Å². The van der Waals surface area contributed by atoms with Crippen LogP contribution in [0.25, 0.3) is 16.4 Å². The summed E-state index contributed by atoms with van der Waals surface area (Å²) in [6.07, 6.45) is 0. The fourth-order valence-electron chi connectivity index (χ4n) is 3.45. The van der Waals surface area contributed by atoms with Crippen LogP contribution in [-0.4, -0.2) is 50.6 Å². The molecular formula is C23H16N4O4S. The Bertz CT molecular complexity index is 1280. The molecule has 8 nitrogen and oxygen atoms in total. The number of hydrogen-bond donors (Lipinski definition) is 0. The number of amides is 2. The Labute approximate surface area is 186 Å². The second-order valence-electron chi connectivity index (χ2n) is 6.93. The lowest BCUT2D eigenvalue weighted by Gasteiger charge is -2.13. The van der Waals surface area contributed by atoms with Crippen molar-refractivity contribution in [1.29, 1.82) is 0 Å². The number of nitrogens with zero attached hydrogens (tertiary/aromatic N) is 4. The van der Waals surface area contributed by atoms with Gasteiger partial charge < -0.3 is 4.74 Å². The van der Waals surface area contributed by atoms with E-state index in [-0.39, 0.29) is 19.0 Å². The topological polar surface area (TPSA) is 94.4 Å². The zero-order valence-corrected chi connectivity index (χ0v) is 17.5. The molecule has 0 unspecified atom stereocenters. The van der Waals surface area contributed by atoms with Gasteiger partial charge in [0.1, 0.15) is 6.61 Å². The molecule has 5 rings (SSSR count). The first-order chi connectivity index (χ1) is 15.6. The monoisotopic (exact) mass is 444 g/mol. The van der Waals surface area contributed by atoms with Crippen molar-refractivity contribution < 1.29 is 19.1 Å². The molecule has 0 fully saturated rings. The Hall–Kier alpha value is -4.11. The number of carbonyl (C=O) groups is 3. The molecule has 32 heavy (non-hydrogen) atoms. The van der Waals surface area contributed by atoms with Crippen LogP contribution in [0.2, 0.25) is 0 Å². The molecule has 0 radical (unpaired) electrons. The smallest absolute Gasteiger partial charge is 0.378 e. The van der Waals surface area contributed by atoms with E-state index in [4.69, 9.17) is 4.74 Å². The summed E-state index contributed by atoms with van der Waals surface area (Å²) in [5.41, 5.74) is 1.47. The molecule has 4 aromatic rings. The van der Waals surface area contributed by atoms with E-state index in [1.54, 1.807) is 28.9 Å². The third kappa shape index (κ3) is 3.48. The van der Waals surface area contributed by atoms with Crippen molar-refractivity contribution >= 4 is 29.1 Å². The molecule has 2 aromatic heterocycles. The Morgan fingerprint density at radius 1 is 0.906 bits per heavy atom. The summed E-state index contributed by atoms with van der Waals surface area (Å²) >= 11 is 1.48. The average Bonchev–Trinajstić information content (AvgIpc) is 3.55. The molecule has 0 bridgehead atoms. The zero-order valence-electron chi connectivity index (χ0n) is 16.7. The van der Waals surface area contributed by atoms with Crippen molar-refractivity contribution in [3.63, 3.8) is 0 Å². The van der Waals surface area contributed by atoms with E-state index < -0.39 is 17.8 Å². The Balaban J connectivity index is 1.31. The third-order valence-corrected chi connectivity index (χ3v) is 5.82. The minimum Gasteiger partial charge on any atom is -0.458 e. The standard InChI is InChI=1S/C23H16N4O4S/c28-21-16-9-4-5-10-17(16)22(29)26(21)12-13-31-23(30)19-24-20(18-11-6-14-32-18)27(25-19)15-7-2-1-3-8-15/h1-11,14H,12-13H2. The van der Waals surface area contributed by atoms with Crippen molar-refractivity contribution in [2.24, 2.45) is 0 Å². The minimum atomic E-state index is -0.728. The molecule has 0 spiro atoms. The number of ether oxygens (including phenoxy) is 1. The number of imide groups is 1. The first-order valence-corrected chi connectivity index (χ1v) is 10.7. The van der Waals surface area contributed by atoms with E-state index in [0.717, 1.165) is 15.5 Å². The Morgan fingerprint density at radius 3 is 2.25 bits per heavy atom. The molecule has 9 heteroatoms. The van der Waals surface area contributed by atoms with E-state index in [0.29, 0.717) is 17.0 Å². The fourth-order valence-corrected chi connectivity index (χ4v) is 4.15. The maximum absolute atomic E-state index is 12.6. The van der Waals surface area contributed by atoms with E-state index >= 15 is 0 Å². The van der Waals surface area contributed by atoms with E-state index in [1.165, 1.54) is 11.3 Å². The molecular weight excluding hydrogens is 428 g/mol. The average molecular weight is 444 g/mol. The van der Waals surface area contributed by atoms with Gasteiger partial charge >= 0.3 is 5.97 Å². The number of para-hydroxylation sites is 1. The number of aromatic nitrogens is 3. The maximum Gasteiger partial charge on any atom is 0.378 e. The molecule has 1 aliphatic heterocycles. The van der Waals surface area contributed by atoms with Gasteiger partial charge in [0.05, 0.1) is 28.2 Å². The lowest BCUT2D eigenvalue weighted by Crippen LogP contribution is -2.33. The number of benzene rings is 2. The normalized spacial score (nSPS) is 12.8. The number of fused-ring (bicyclic) bond motifs is 1. The van der Waals surface area contributed by atoms with Crippen LogP contribution in [0.15, 0.2) is 72.1 Å². The highest BCUT2D eigenvalue weighted by atomic mass is 32.1. The van der Waals surface area contributed by atoms with E-state index in [1.807, 2.05) is 47.8 Å².